The molecule has 29 heavy (non-hydrogen) atoms. The molecule has 0 unspecified atom stereocenters. The molecule has 1 saturated carbocycles. The average molecular weight is 408 g/mol. The number of rotatable bonds is 5. The molecule has 0 atom stereocenters. The van der Waals surface area contributed by atoms with E-state index in [0.717, 1.165) is 18.4 Å². The summed E-state index contributed by atoms with van der Waals surface area (Å²) in [5.41, 5.74) is 0.477. The number of carbonyl (C=O) groups excluding carboxylic acids is 2. The van der Waals surface area contributed by atoms with E-state index in [1.807, 2.05) is 0 Å². The molecule has 154 valence electrons. The van der Waals surface area contributed by atoms with Crippen LogP contribution in [0.4, 0.5) is 23.2 Å². The molecule has 0 aromatic heterocycles. The van der Waals surface area contributed by atoms with Crippen molar-refractivity contribution in [2.45, 2.75) is 37.3 Å². The maximum atomic E-state index is 13.3. The lowest BCUT2D eigenvalue weighted by atomic mass is 9.78. The van der Waals surface area contributed by atoms with E-state index in [-0.39, 0.29) is 17.3 Å². The second kappa shape index (κ2) is 8.23. The van der Waals surface area contributed by atoms with Crippen LogP contribution in [0.25, 0.3) is 0 Å². The molecule has 4 nitrogen and oxygen atoms in total. The van der Waals surface area contributed by atoms with E-state index in [9.17, 15) is 27.2 Å². The van der Waals surface area contributed by atoms with Crippen molar-refractivity contribution in [1.29, 1.82) is 0 Å². The fourth-order valence-corrected chi connectivity index (χ4v) is 3.63. The number of halogens is 4. The highest BCUT2D eigenvalue weighted by molar-refractivity contribution is 6.00. The predicted molar refractivity (Wildman–Crippen MR) is 100 cm³/mol. The van der Waals surface area contributed by atoms with Crippen LogP contribution in [-0.2, 0) is 10.2 Å². The van der Waals surface area contributed by atoms with Crippen molar-refractivity contribution < 1.29 is 27.2 Å². The van der Waals surface area contributed by atoms with Crippen LogP contribution in [0.2, 0.25) is 0 Å². The van der Waals surface area contributed by atoms with Gasteiger partial charge in [-0.1, -0.05) is 25.0 Å². The Kier molecular flexibility index (Phi) is 5.91. The lowest BCUT2D eigenvalue weighted by molar-refractivity contribution is -0.123. The first-order chi connectivity index (χ1) is 13.7. The molecule has 3 rings (SSSR count). The molecule has 1 aliphatic rings. The molecule has 2 N–H and O–H groups in total. The van der Waals surface area contributed by atoms with E-state index in [1.165, 1.54) is 36.4 Å². The summed E-state index contributed by atoms with van der Waals surface area (Å²) in [7, 11) is 0. The first-order valence-electron chi connectivity index (χ1n) is 9.22. The molecule has 1 fully saturated rings. The Hall–Kier alpha value is -2.90. The highest BCUT2D eigenvalue weighted by atomic mass is 19.4. The van der Waals surface area contributed by atoms with Crippen molar-refractivity contribution >= 4 is 17.5 Å². The summed E-state index contributed by atoms with van der Waals surface area (Å²) in [6, 6.07) is 11.5. The normalized spacial score (nSPS) is 15.7. The quantitative estimate of drug-likeness (QED) is 0.713. The van der Waals surface area contributed by atoms with Crippen LogP contribution in [0.5, 0.6) is 0 Å². The number of amides is 2. The lowest BCUT2D eigenvalue weighted by Gasteiger charge is -2.28. The minimum atomic E-state index is -4.49. The number of hydrogen-bond donors (Lipinski definition) is 2. The molecular weight excluding hydrogens is 388 g/mol. The van der Waals surface area contributed by atoms with Gasteiger partial charge in [-0.2, -0.15) is 13.2 Å². The van der Waals surface area contributed by atoms with E-state index in [2.05, 4.69) is 5.32 Å². The van der Waals surface area contributed by atoms with Crippen LogP contribution >= 0.6 is 0 Å². The van der Waals surface area contributed by atoms with Gasteiger partial charge < -0.3 is 10.6 Å². The molecule has 0 spiro atoms. The Labute approximate surface area is 165 Å². The smallest absolute Gasteiger partial charge is 0.343 e. The minimum Gasteiger partial charge on any atom is -0.343 e. The molecule has 8 heteroatoms. The summed E-state index contributed by atoms with van der Waals surface area (Å²) in [6.07, 6.45) is -1.45. The zero-order valence-corrected chi connectivity index (χ0v) is 15.5. The number of carbonyl (C=O) groups is 2. The maximum absolute atomic E-state index is 13.3. The zero-order chi connectivity index (χ0) is 21.1. The van der Waals surface area contributed by atoms with Gasteiger partial charge in [-0.15, -0.1) is 0 Å². The fraction of sp³-hybridized carbons (Fsp3) is 0.333. The van der Waals surface area contributed by atoms with Crippen LogP contribution < -0.4 is 10.6 Å². The summed E-state index contributed by atoms with van der Waals surface area (Å²) in [4.78, 5) is 24.8. The van der Waals surface area contributed by atoms with Gasteiger partial charge in [-0.25, -0.2) is 4.39 Å². The Balaban J connectivity index is 1.71. The predicted octanol–water partition coefficient (Wildman–Crippen LogP) is 4.57. The standard InChI is InChI=1S/C21H20F4N2O2/c22-16-7-5-15(6-8-16)20(11-1-2-12-20)19(29)27-17-9-3-14(4-10-17)18(28)26-13-21(23,24)25/h3-10H,1-2,11-13H2,(H,26,28)(H,27,29). The van der Waals surface area contributed by atoms with Gasteiger partial charge in [0.1, 0.15) is 12.4 Å². The molecule has 2 aromatic rings. The highest BCUT2D eigenvalue weighted by Gasteiger charge is 2.42. The van der Waals surface area contributed by atoms with E-state index >= 15 is 0 Å². The number of hydrogen-bond acceptors (Lipinski definition) is 2. The minimum absolute atomic E-state index is 0.0568. The molecule has 0 aliphatic heterocycles. The van der Waals surface area contributed by atoms with Gasteiger partial charge in [0, 0.05) is 11.3 Å². The van der Waals surface area contributed by atoms with Crippen molar-refractivity contribution in [1.82, 2.24) is 5.32 Å². The molecule has 0 heterocycles. The van der Waals surface area contributed by atoms with Crippen LogP contribution in [0.3, 0.4) is 0 Å². The monoisotopic (exact) mass is 408 g/mol. The topological polar surface area (TPSA) is 58.2 Å². The third-order valence-corrected chi connectivity index (χ3v) is 5.14. The summed E-state index contributed by atoms with van der Waals surface area (Å²) in [5.74, 6) is -1.45. The first kappa shape index (κ1) is 20.8. The Bertz CT molecular complexity index is 871. The van der Waals surface area contributed by atoms with Gasteiger partial charge in [0.15, 0.2) is 0 Å². The fourth-order valence-electron chi connectivity index (χ4n) is 3.63. The summed E-state index contributed by atoms with van der Waals surface area (Å²) < 4.78 is 49.9. The van der Waals surface area contributed by atoms with E-state index in [4.69, 9.17) is 0 Å². The van der Waals surface area contributed by atoms with Crippen molar-refractivity contribution in [3.8, 4) is 0 Å². The molecule has 0 saturated heterocycles. The van der Waals surface area contributed by atoms with Crippen molar-refractivity contribution in [2.75, 3.05) is 11.9 Å². The SMILES string of the molecule is O=C(NCC(F)(F)F)c1ccc(NC(=O)C2(c3ccc(F)cc3)CCCC2)cc1. The van der Waals surface area contributed by atoms with Gasteiger partial charge in [-0.3, -0.25) is 9.59 Å². The third kappa shape index (κ3) is 4.93. The number of benzene rings is 2. The van der Waals surface area contributed by atoms with Gasteiger partial charge in [0.2, 0.25) is 5.91 Å². The largest absolute Gasteiger partial charge is 0.405 e. The number of nitrogens with one attached hydrogen (secondary N) is 2. The number of alkyl halides is 3. The van der Waals surface area contributed by atoms with Gasteiger partial charge in [0.25, 0.3) is 5.91 Å². The van der Waals surface area contributed by atoms with Crippen molar-refractivity contribution in [3.05, 3.63) is 65.5 Å². The molecule has 1 aliphatic carbocycles. The van der Waals surface area contributed by atoms with Crippen LogP contribution in [0, 0.1) is 5.82 Å². The van der Waals surface area contributed by atoms with E-state index in [0.29, 0.717) is 18.5 Å². The van der Waals surface area contributed by atoms with Crippen LogP contribution in [0.15, 0.2) is 48.5 Å². The summed E-state index contributed by atoms with van der Waals surface area (Å²) in [6.45, 7) is -1.41. The highest BCUT2D eigenvalue weighted by Crippen LogP contribution is 2.42. The van der Waals surface area contributed by atoms with Gasteiger partial charge in [0.05, 0.1) is 5.41 Å². The first-order valence-corrected chi connectivity index (χ1v) is 9.22. The average Bonchev–Trinajstić information content (AvgIpc) is 3.18. The zero-order valence-electron chi connectivity index (χ0n) is 15.5. The Morgan fingerprint density at radius 1 is 0.931 bits per heavy atom. The summed E-state index contributed by atoms with van der Waals surface area (Å²) in [5, 5.41) is 4.61. The molecule has 2 amide bonds. The van der Waals surface area contributed by atoms with Gasteiger partial charge >= 0.3 is 6.18 Å². The second-order valence-corrected chi connectivity index (χ2v) is 7.13. The van der Waals surface area contributed by atoms with E-state index < -0.39 is 24.0 Å². The second-order valence-electron chi connectivity index (χ2n) is 7.13. The lowest BCUT2D eigenvalue weighted by Crippen LogP contribution is -2.38. The van der Waals surface area contributed by atoms with Crippen LogP contribution in [0.1, 0.15) is 41.6 Å². The molecule has 0 radical (unpaired) electrons. The van der Waals surface area contributed by atoms with Crippen molar-refractivity contribution in [3.63, 3.8) is 0 Å². The molecule has 2 aromatic carbocycles. The maximum Gasteiger partial charge on any atom is 0.405 e. The van der Waals surface area contributed by atoms with Crippen LogP contribution in [-0.4, -0.2) is 24.5 Å². The van der Waals surface area contributed by atoms with Gasteiger partial charge in [-0.05, 0) is 54.8 Å². The third-order valence-electron chi connectivity index (χ3n) is 5.14. The molecular formula is C21H20F4N2O2. The van der Waals surface area contributed by atoms with E-state index in [1.54, 1.807) is 17.4 Å². The summed E-state index contributed by atoms with van der Waals surface area (Å²) >= 11 is 0. The van der Waals surface area contributed by atoms with Crippen molar-refractivity contribution in [2.24, 2.45) is 0 Å². The Morgan fingerprint density at radius 3 is 2.07 bits per heavy atom. The Morgan fingerprint density at radius 2 is 1.52 bits per heavy atom. The molecule has 0 bridgehead atoms. The number of anilines is 1.